The number of nitrogens with two attached hydrogens (primary N) is 1. The van der Waals surface area contributed by atoms with Gasteiger partial charge in [0.05, 0.1) is 13.0 Å². The third-order valence-electron chi connectivity index (χ3n) is 3.97. The van der Waals surface area contributed by atoms with E-state index in [0.29, 0.717) is 5.75 Å². The van der Waals surface area contributed by atoms with Crippen LogP contribution in [-0.2, 0) is 11.0 Å². The van der Waals surface area contributed by atoms with Crippen molar-refractivity contribution in [1.82, 2.24) is 15.0 Å². The van der Waals surface area contributed by atoms with Crippen molar-refractivity contribution in [3.63, 3.8) is 0 Å². The van der Waals surface area contributed by atoms with E-state index in [1.807, 2.05) is 0 Å². The molecule has 0 spiro atoms. The molecule has 3 rings (SSSR count). The molecular weight excluding hydrogens is 373 g/mol. The summed E-state index contributed by atoms with van der Waals surface area (Å²) in [5, 5.41) is 2.57. The molecule has 11 heteroatoms. The average molecular weight is 390 g/mol. The molecule has 1 atom stereocenters. The van der Waals surface area contributed by atoms with Crippen LogP contribution in [0.4, 0.5) is 13.2 Å². The van der Waals surface area contributed by atoms with Gasteiger partial charge < -0.3 is 15.8 Å². The van der Waals surface area contributed by atoms with Crippen LogP contribution in [0.1, 0.15) is 35.3 Å². The number of nitrogens with zero attached hydrogens (tertiary/aromatic N) is 1. The molecule has 4 N–H and O–H groups in total. The number of hydrogen-bond acceptors (Lipinski definition) is 6. The lowest BCUT2D eigenvalue weighted by Crippen LogP contribution is -2.66. The minimum Gasteiger partial charge on any atom is -0.477 e. The summed E-state index contributed by atoms with van der Waals surface area (Å²) in [4.78, 5) is 27.3. The summed E-state index contributed by atoms with van der Waals surface area (Å²) in [6, 6.07) is 1.75. The lowest BCUT2D eigenvalue weighted by molar-refractivity contribution is -0.139. The molecule has 1 unspecified atom stereocenters. The van der Waals surface area contributed by atoms with Crippen LogP contribution in [-0.4, -0.2) is 34.8 Å². The summed E-state index contributed by atoms with van der Waals surface area (Å²) in [5.41, 5.74) is 2.89. The minimum absolute atomic E-state index is 0.130. The van der Waals surface area contributed by atoms with Gasteiger partial charge in [0.25, 0.3) is 5.91 Å². The molecule has 1 saturated carbocycles. The van der Waals surface area contributed by atoms with Crippen molar-refractivity contribution >= 4 is 23.8 Å². The highest BCUT2D eigenvalue weighted by Crippen LogP contribution is 2.37. The first kappa shape index (κ1) is 18.8. The van der Waals surface area contributed by atoms with E-state index in [4.69, 9.17) is 10.5 Å². The Morgan fingerprint density at radius 1 is 1.42 bits per heavy atom. The van der Waals surface area contributed by atoms with E-state index in [1.165, 1.54) is 11.9 Å². The number of aromatic nitrogens is 1. The molecule has 2 amide bonds. The highest BCUT2D eigenvalue weighted by molar-refractivity contribution is 7.98. The Morgan fingerprint density at radius 2 is 2.12 bits per heavy atom. The molecule has 2 aliphatic rings. The van der Waals surface area contributed by atoms with Crippen molar-refractivity contribution in [1.29, 1.82) is 0 Å². The van der Waals surface area contributed by atoms with Crippen LogP contribution in [0.2, 0.25) is 0 Å². The molecule has 0 bridgehead atoms. The van der Waals surface area contributed by atoms with E-state index >= 15 is 0 Å². The van der Waals surface area contributed by atoms with Gasteiger partial charge >= 0.3 is 6.18 Å². The molecule has 1 aromatic heterocycles. The lowest BCUT2D eigenvalue weighted by atomic mass is 10.1. The zero-order chi connectivity index (χ0) is 18.9. The number of amides is 2. The summed E-state index contributed by atoms with van der Waals surface area (Å²) >= 11 is 1.28. The second-order valence-electron chi connectivity index (χ2n) is 6.37. The number of primary amides is 1. The Hall–Kier alpha value is -2.01. The van der Waals surface area contributed by atoms with Crippen LogP contribution in [0.25, 0.3) is 0 Å². The molecule has 1 aliphatic carbocycles. The second-order valence-corrected chi connectivity index (χ2v) is 7.15. The number of pyridine rings is 1. The smallest absolute Gasteiger partial charge is 0.421 e. The molecule has 1 aromatic rings. The van der Waals surface area contributed by atoms with Crippen molar-refractivity contribution in [3.8, 4) is 5.88 Å². The van der Waals surface area contributed by atoms with Crippen molar-refractivity contribution in [2.24, 2.45) is 11.7 Å². The number of nitrogens with one attached hydrogen (secondary N) is 2. The molecule has 142 valence electrons. The van der Waals surface area contributed by atoms with E-state index in [9.17, 15) is 22.8 Å². The fourth-order valence-electron chi connectivity index (χ4n) is 2.39. The monoisotopic (exact) mass is 390 g/mol. The Morgan fingerprint density at radius 3 is 2.62 bits per heavy atom. The first-order chi connectivity index (χ1) is 12.2. The summed E-state index contributed by atoms with van der Waals surface area (Å²) < 4.78 is 47.4. The maximum absolute atomic E-state index is 13.1. The van der Waals surface area contributed by atoms with E-state index in [-0.39, 0.29) is 24.6 Å². The normalized spacial score (nSPS) is 22.4. The molecule has 7 nitrogen and oxygen atoms in total. The largest absolute Gasteiger partial charge is 0.477 e. The Kier molecular flexibility index (Phi) is 5.02. The summed E-state index contributed by atoms with van der Waals surface area (Å²) in [6.07, 6.45) is -2.97. The third kappa shape index (κ3) is 4.39. The molecule has 26 heavy (non-hydrogen) atoms. The molecule has 2 fully saturated rings. The van der Waals surface area contributed by atoms with Gasteiger partial charge in [-0.3, -0.25) is 9.59 Å². The number of rotatable bonds is 7. The molecule has 0 aromatic carbocycles. The maximum Gasteiger partial charge on any atom is 0.421 e. The van der Waals surface area contributed by atoms with Crippen molar-refractivity contribution in [3.05, 3.63) is 23.4 Å². The van der Waals surface area contributed by atoms with Gasteiger partial charge in [-0.2, -0.15) is 13.2 Å². The molecular formula is C15H17F3N4O3S. The fourth-order valence-corrected chi connectivity index (χ4v) is 3.18. The maximum atomic E-state index is 13.1. The standard InChI is InChI=1S/C15H17F3N4O3S/c16-15(17,18)9-3-4-10(20-13(9)25-6-8-1-2-8)12(24)21-14(5-11(19)23)7-26-22-14/h3-4,8,22H,1-2,5-7H2,(H2,19,23)(H,21,24). The van der Waals surface area contributed by atoms with Gasteiger partial charge in [0.15, 0.2) is 0 Å². The van der Waals surface area contributed by atoms with E-state index in [1.54, 1.807) is 0 Å². The van der Waals surface area contributed by atoms with Crippen LogP contribution in [0, 0.1) is 5.92 Å². The van der Waals surface area contributed by atoms with E-state index < -0.39 is 35.1 Å². The van der Waals surface area contributed by atoms with Crippen molar-refractivity contribution in [2.45, 2.75) is 31.1 Å². The SMILES string of the molecule is NC(=O)CC1(NC(=O)c2ccc(C(F)(F)F)c(OCC3CC3)n2)CSN1. The van der Waals surface area contributed by atoms with Gasteiger partial charge in [0, 0.05) is 5.75 Å². The number of carbonyl (C=O) groups is 2. The van der Waals surface area contributed by atoms with Gasteiger partial charge in [-0.25, -0.2) is 9.71 Å². The third-order valence-corrected chi connectivity index (χ3v) is 5.14. The van der Waals surface area contributed by atoms with Gasteiger partial charge in [-0.15, -0.1) is 0 Å². The average Bonchev–Trinajstić information content (AvgIpc) is 3.33. The Bertz CT molecular complexity index is 721. The Balaban J connectivity index is 1.78. The predicted molar refractivity (Wildman–Crippen MR) is 87.1 cm³/mol. The number of alkyl halides is 3. The zero-order valence-corrected chi connectivity index (χ0v) is 14.4. The zero-order valence-electron chi connectivity index (χ0n) is 13.6. The predicted octanol–water partition coefficient (Wildman–Crippen LogP) is 1.44. The second kappa shape index (κ2) is 6.95. The summed E-state index contributed by atoms with van der Waals surface area (Å²) in [7, 11) is 0. The van der Waals surface area contributed by atoms with E-state index in [0.717, 1.165) is 25.0 Å². The summed E-state index contributed by atoms with van der Waals surface area (Å²) in [6.45, 7) is 0.130. The van der Waals surface area contributed by atoms with Crippen molar-refractivity contribution in [2.75, 3.05) is 12.4 Å². The number of ether oxygens (including phenoxy) is 1. The molecule has 1 aliphatic heterocycles. The highest BCUT2D eigenvalue weighted by Gasteiger charge is 2.42. The van der Waals surface area contributed by atoms with Gasteiger partial charge in [-0.1, -0.05) is 11.9 Å². The van der Waals surface area contributed by atoms with Gasteiger partial charge in [0.1, 0.15) is 16.9 Å². The minimum atomic E-state index is -4.64. The topological polar surface area (TPSA) is 106 Å². The van der Waals surface area contributed by atoms with Gasteiger partial charge in [0.2, 0.25) is 11.8 Å². The van der Waals surface area contributed by atoms with Crippen LogP contribution < -0.4 is 20.5 Å². The molecule has 1 saturated heterocycles. The quantitative estimate of drug-likeness (QED) is 0.609. The van der Waals surface area contributed by atoms with Crippen LogP contribution >= 0.6 is 11.9 Å². The number of carbonyl (C=O) groups excluding carboxylic acids is 2. The molecule has 2 heterocycles. The fraction of sp³-hybridized carbons (Fsp3) is 0.533. The number of halogens is 3. The van der Waals surface area contributed by atoms with Crippen LogP contribution in [0.5, 0.6) is 5.88 Å². The summed E-state index contributed by atoms with van der Waals surface area (Å²) in [5.74, 6) is -1.33. The van der Waals surface area contributed by atoms with Crippen LogP contribution in [0.15, 0.2) is 12.1 Å². The van der Waals surface area contributed by atoms with Gasteiger partial charge in [-0.05, 0) is 30.9 Å². The Labute approximate surface area is 151 Å². The first-order valence-corrected chi connectivity index (χ1v) is 8.88. The first-order valence-electron chi connectivity index (χ1n) is 7.89. The van der Waals surface area contributed by atoms with Crippen molar-refractivity contribution < 1.29 is 27.5 Å². The lowest BCUT2D eigenvalue weighted by Gasteiger charge is -2.41. The highest BCUT2D eigenvalue weighted by atomic mass is 32.2. The molecule has 0 radical (unpaired) electrons. The number of hydrogen-bond donors (Lipinski definition) is 3. The van der Waals surface area contributed by atoms with E-state index in [2.05, 4.69) is 15.0 Å². The van der Waals surface area contributed by atoms with Crippen LogP contribution in [0.3, 0.4) is 0 Å².